The first-order valence-electron chi connectivity index (χ1n) is 8.59. The van der Waals surface area contributed by atoms with Gasteiger partial charge >= 0.3 is 0 Å². The maximum Gasteiger partial charge on any atom is 0.270 e. The number of nitro benzene ring substituents is 1. The highest BCUT2D eigenvalue weighted by Gasteiger charge is 2.24. The molecule has 1 N–H and O–H groups in total. The van der Waals surface area contributed by atoms with Crippen LogP contribution in [-0.2, 0) is 4.79 Å². The molecule has 0 bridgehead atoms. The molecule has 2 aromatic rings. The Morgan fingerprint density at radius 3 is 2.57 bits per heavy atom. The molecule has 7 nitrogen and oxygen atoms in total. The van der Waals surface area contributed by atoms with Gasteiger partial charge in [0.05, 0.1) is 16.0 Å². The molecule has 1 aliphatic rings. The van der Waals surface area contributed by atoms with E-state index in [4.69, 9.17) is 0 Å². The van der Waals surface area contributed by atoms with Gasteiger partial charge in [-0.3, -0.25) is 20.2 Å². The Bertz CT molecular complexity index is 995. The Hall–Kier alpha value is -3.26. The quantitative estimate of drug-likeness (QED) is 0.354. The number of carbonyl (C=O) groups excluding carboxylic acids is 1. The van der Waals surface area contributed by atoms with Crippen molar-refractivity contribution in [3.63, 3.8) is 0 Å². The summed E-state index contributed by atoms with van der Waals surface area (Å²) in [4.78, 5) is 22.9. The molecular weight excluding hydrogens is 376 g/mol. The zero-order valence-corrected chi connectivity index (χ0v) is 16.1. The fourth-order valence-electron chi connectivity index (χ4n) is 2.47. The average molecular weight is 394 g/mol. The number of carbonyl (C=O) groups is 1. The van der Waals surface area contributed by atoms with Crippen LogP contribution in [-0.4, -0.2) is 22.2 Å². The van der Waals surface area contributed by atoms with E-state index in [1.54, 1.807) is 24.4 Å². The van der Waals surface area contributed by atoms with Crippen molar-refractivity contribution in [3.8, 4) is 0 Å². The van der Waals surface area contributed by atoms with Gasteiger partial charge < -0.3 is 0 Å². The molecule has 0 saturated carbocycles. The van der Waals surface area contributed by atoms with Crippen molar-refractivity contribution in [1.29, 1.82) is 0 Å². The molecule has 1 fully saturated rings. The van der Waals surface area contributed by atoms with Crippen LogP contribution in [0.5, 0.6) is 0 Å². The van der Waals surface area contributed by atoms with Gasteiger partial charge in [0.25, 0.3) is 11.6 Å². The van der Waals surface area contributed by atoms with E-state index in [9.17, 15) is 14.9 Å². The number of benzene rings is 2. The second-order valence-electron chi connectivity index (χ2n) is 6.39. The topological polar surface area (TPSA) is 97.0 Å². The van der Waals surface area contributed by atoms with Gasteiger partial charge in [0, 0.05) is 12.1 Å². The minimum atomic E-state index is -0.473. The first-order chi connectivity index (χ1) is 13.4. The van der Waals surface area contributed by atoms with E-state index in [-0.39, 0.29) is 11.6 Å². The van der Waals surface area contributed by atoms with E-state index in [2.05, 4.69) is 29.4 Å². The molecule has 8 heteroatoms. The number of hydrogen-bond acceptors (Lipinski definition) is 6. The van der Waals surface area contributed by atoms with Crippen molar-refractivity contribution in [1.82, 2.24) is 5.32 Å². The van der Waals surface area contributed by atoms with Crippen molar-refractivity contribution < 1.29 is 9.72 Å². The molecule has 3 rings (SSSR count). The van der Waals surface area contributed by atoms with Gasteiger partial charge in [-0.05, 0) is 40.4 Å². The summed E-state index contributed by atoms with van der Waals surface area (Å²) in [7, 11) is 0. The third kappa shape index (κ3) is 4.92. The number of amides is 1. The second-order valence-corrected chi connectivity index (χ2v) is 7.42. The Balaban J connectivity index is 1.69. The molecule has 0 aliphatic carbocycles. The normalized spacial score (nSPS) is 17.0. The van der Waals surface area contributed by atoms with Crippen LogP contribution in [0.1, 0.15) is 36.5 Å². The maximum absolute atomic E-state index is 12.1. The highest BCUT2D eigenvalue weighted by molar-refractivity contribution is 8.18. The third-order valence-electron chi connectivity index (χ3n) is 3.99. The zero-order valence-electron chi connectivity index (χ0n) is 15.3. The van der Waals surface area contributed by atoms with Gasteiger partial charge in [0.2, 0.25) is 0 Å². The molecule has 142 valence electrons. The summed E-state index contributed by atoms with van der Waals surface area (Å²) in [6, 6.07) is 14.1. The van der Waals surface area contributed by atoms with Crippen LogP contribution in [0, 0.1) is 10.1 Å². The number of hydrogen-bond donors (Lipinski definition) is 1. The second kappa shape index (κ2) is 8.62. The fraction of sp³-hybridized carbons (Fsp3) is 0.150. The van der Waals surface area contributed by atoms with Crippen molar-refractivity contribution in [2.24, 2.45) is 10.2 Å². The Labute approximate surface area is 166 Å². The monoisotopic (exact) mass is 394 g/mol. The van der Waals surface area contributed by atoms with Crippen LogP contribution in [0.25, 0.3) is 6.08 Å². The third-order valence-corrected chi connectivity index (χ3v) is 4.89. The Morgan fingerprint density at radius 1 is 1.14 bits per heavy atom. The van der Waals surface area contributed by atoms with Crippen molar-refractivity contribution >= 4 is 40.8 Å². The first-order valence-corrected chi connectivity index (χ1v) is 9.40. The number of nitrogens with zero attached hydrogens (tertiary/aromatic N) is 3. The summed E-state index contributed by atoms with van der Waals surface area (Å²) < 4.78 is 0. The molecule has 0 radical (unpaired) electrons. The van der Waals surface area contributed by atoms with E-state index in [1.165, 1.54) is 17.7 Å². The minimum absolute atomic E-state index is 0.0280. The highest BCUT2D eigenvalue weighted by Crippen LogP contribution is 2.27. The lowest BCUT2D eigenvalue weighted by atomic mass is 10.0. The van der Waals surface area contributed by atoms with Crippen LogP contribution in [0.15, 0.2) is 63.6 Å². The summed E-state index contributed by atoms with van der Waals surface area (Å²) in [6.45, 7) is 4.27. The summed E-state index contributed by atoms with van der Waals surface area (Å²) in [5, 5.41) is 21.9. The van der Waals surface area contributed by atoms with E-state index >= 15 is 0 Å². The number of nitrogens with one attached hydrogen (secondary N) is 1. The van der Waals surface area contributed by atoms with Crippen molar-refractivity contribution in [2.75, 3.05) is 0 Å². The van der Waals surface area contributed by atoms with Crippen LogP contribution in [0.3, 0.4) is 0 Å². The predicted octanol–water partition coefficient (Wildman–Crippen LogP) is 4.31. The lowest BCUT2D eigenvalue weighted by Gasteiger charge is -2.03. The zero-order chi connectivity index (χ0) is 20.1. The van der Waals surface area contributed by atoms with E-state index in [0.717, 1.165) is 17.3 Å². The summed E-state index contributed by atoms with van der Waals surface area (Å²) in [5.74, 6) is 0.152. The van der Waals surface area contributed by atoms with Crippen LogP contribution in [0.4, 0.5) is 5.69 Å². The van der Waals surface area contributed by atoms with E-state index < -0.39 is 4.92 Å². The summed E-state index contributed by atoms with van der Waals surface area (Å²) in [5.41, 5.74) is 2.70. The number of nitro groups is 1. The molecule has 0 unspecified atom stereocenters. The fourth-order valence-corrected chi connectivity index (χ4v) is 3.25. The van der Waals surface area contributed by atoms with Crippen molar-refractivity contribution in [2.45, 2.75) is 19.8 Å². The van der Waals surface area contributed by atoms with Gasteiger partial charge in [0.15, 0.2) is 5.17 Å². The minimum Gasteiger partial charge on any atom is -0.299 e. The molecule has 1 saturated heterocycles. The number of amidine groups is 1. The molecule has 1 heterocycles. The first kappa shape index (κ1) is 19.5. The largest absolute Gasteiger partial charge is 0.299 e. The van der Waals surface area contributed by atoms with Crippen LogP contribution in [0.2, 0.25) is 0 Å². The molecular formula is C20H18N4O3S. The standard InChI is InChI=1S/C20H18N4O3S/c1-13(2)16-8-6-14(7-9-16)12-21-23-20-22-19(25)18(28-20)11-15-4-3-5-17(10-15)24(26)27/h3-13H,1-2H3,(H,22,23,25)/b18-11-,21-12+. The molecule has 1 amide bonds. The SMILES string of the molecule is CC(C)c1ccc(/C=N/N=C2\NC(=O)/C(=C/c3cccc([N+](=O)[O-])c3)S2)cc1. The molecule has 2 aromatic carbocycles. The molecule has 0 spiro atoms. The van der Waals surface area contributed by atoms with Gasteiger partial charge in [-0.25, -0.2) is 0 Å². The number of rotatable bonds is 5. The molecule has 28 heavy (non-hydrogen) atoms. The number of thioether (sulfide) groups is 1. The Morgan fingerprint density at radius 2 is 1.89 bits per heavy atom. The van der Waals surface area contributed by atoms with Gasteiger partial charge in [0.1, 0.15) is 0 Å². The number of non-ortho nitro benzene ring substituents is 1. The average Bonchev–Trinajstić information content (AvgIpc) is 3.01. The van der Waals surface area contributed by atoms with Crippen molar-refractivity contribution in [3.05, 3.63) is 80.2 Å². The van der Waals surface area contributed by atoms with Gasteiger partial charge in [-0.1, -0.05) is 50.2 Å². The molecule has 0 atom stereocenters. The van der Waals surface area contributed by atoms with Gasteiger partial charge in [-0.15, -0.1) is 5.10 Å². The molecule has 1 aliphatic heterocycles. The summed E-state index contributed by atoms with van der Waals surface area (Å²) >= 11 is 1.14. The predicted molar refractivity (Wildman–Crippen MR) is 112 cm³/mol. The van der Waals surface area contributed by atoms with E-state index in [1.807, 2.05) is 24.3 Å². The smallest absolute Gasteiger partial charge is 0.270 e. The highest BCUT2D eigenvalue weighted by atomic mass is 32.2. The lowest BCUT2D eigenvalue weighted by molar-refractivity contribution is -0.384. The maximum atomic E-state index is 12.1. The molecule has 0 aromatic heterocycles. The summed E-state index contributed by atoms with van der Waals surface area (Å²) in [6.07, 6.45) is 3.20. The van der Waals surface area contributed by atoms with Crippen LogP contribution < -0.4 is 5.32 Å². The lowest BCUT2D eigenvalue weighted by Crippen LogP contribution is -2.19. The van der Waals surface area contributed by atoms with Crippen LogP contribution >= 0.6 is 11.8 Å². The van der Waals surface area contributed by atoms with Gasteiger partial charge in [-0.2, -0.15) is 5.10 Å². The van der Waals surface area contributed by atoms with E-state index in [0.29, 0.717) is 21.6 Å². The Kier molecular flexibility index (Phi) is 6.00.